The zero-order chi connectivity index (χ0) is 17.9. The summed E-state index contributed by atoms with van der Waals surface area (Å²) >= 11 is 0. The standard InChI is InChI=1S/C20H27N5O/c1-24(13-10-15-6-2-3-11-21-15)16-7-5-12-25(14-16)20(26)19-17-8-4-9-18(17)22-23-19/h2-3,6,11,16H,4-5,7-10,12-14H2,1H3,(H,22,23). The van der Waals surface area contributed by atoms with Crippen molar-refractivity contribution >= 4 is 5.91 Å². The molecule has 1 N–H and O–H groups in total. The van der Waals surface area contributed by atoms with Gasteiger partial charge in [-0.2, -0.15) is 5.10 Å². The van der Waals surface area contributed by atoms with Gasteiger partial charge in [-0.1, -0.05) is 6.07 Å². The van der Waals surface area contributed by atoms with Gasteiger partial charge in [0.15, 0.2) is 5.69 Å². The SMILES string of the molecule is CN(CCc1ccccn1)C1CCCN(C(=O)c2n[nH]c3c2CCC3)C1. The number of nitrogens with one attached hydrogen (secondary N) is 1. The molecule has 1 aliphatic heterocycles. The number of hydrogen-bond acceptors (Lipinski definition) is 4. The largest absolute Gasteiger partial charge is 0.336 e. The summed E-state index contributed by atoms with van der Waals surface area (Å²) in [4.78, 5) is 21.8. The first-order valence-electron chi connectivity index (χ1n) is 9.68. The number of rotatable bonds is 5. The lowest BCUT2D eigenvalue weighted by molar-refractivity contribution is 0.0604. The van der Waals surface area contributed by atoms with E-state index in [1.54, 1.807) is 0 Å². The molecule has 2 aromatic heterocycles. The fraction of sp³-hybridized carbons (Fsp3) is 0.550. The number of nitrogens with zero attached hydrogens (tertiary/aromatic N) is 4. The number of amides is 1. The van der Waals surface area contributed by atoms with Crippen molar-refractivity contribution in [1.29, 1.82) is 0 Å². The molecule has 1 fully saturated rings. The molecule has 0 saturated carbocycles. The van der Waals surface area contributed by atoms with Crippen LogP contribution >= 0.6 is 0 Å². The van der Waals surface area contributed by atoms with Crippen molar-refractivity contribution in [2.75, 3.05) is 26.7 Å². The minimum atomic E-state index is 0.104. The molecule has 6 nitrogen and oxygen atoms in total. The normalized spacial score (nSPS) is 19.8. The maximum absolute atomic E-state index is 13.0. The number of carbonyl (C=O) groups is 1. The van der Waals surface area contributed by atoms with Gasteiger partial charge in [0.25, 0.3) is 5.91 Å². The van der Waals surface area contributed by atoms with Crippen LogP contribution in [-0.4, -0.2) is 63.6 Å². The highest BCUT2D eigenvalue weighted by molar-refractivity contribution is 5.94. The van der Waals surface area contributed by atoms with Gasteiger partial charge in [-0.3, -0.25) is 14.9 Å². The monoisotopic (exact) mass is 353 g/mol. The highest BCUT2D eigenvalue weighted by Gasteiger charge is 2.31. The molecule has 1 aliphatic carbocycles. The second-order valence-corrected chi connectivity index (χ2v) is 7.48. The van der Waals surface area contributed by atoms with Crippen molar-refractivity contribution in [2.45, 2.75) is 44.6 Å². The van der Waals surface area contributed by atoms with E-state index in [1.165, 1.54) is 0 Å². The van der Waals surface area contributed by atoms with Crippen molar-refractivity contribution in [3.8, 4) is 0 Å². The first-order chi connectivity index (χ1) is 12.7. The van der Waals surface area contributed by atoms with Gasteiger partial charge in [0, 0.05) is 55.2 Å². The summed E-state index contributed by atoms with van der Waals surface area (Å²) in [6.07, 6.45) is 8.11. The van der Waals surface area contributed by atoms with Crippen LogP contribution in [0, 0.1) is 0 Å². The topological polar surface area (TPSA) is 65.1 Å². The third-order valence-corrected chi connectivity index (χ3v) is 5.76. The lowest BCUT2D eigenvalue weighted by Crippen LogP contribution is -2.49. The molecule has 0 aromatic carbocycles. The fourth-order valence-electron chi connectivity index (χ4n) is 4.16. The molecule has 0 bridgehead atoms. The summed E-state index contributed by atoms with van der Waals surface area (Å²) in [6, 6.07) is 6.46. The first kappa shape index (κ1) is 17.2. The summed E-state index contributed by atoms with van der Waals surface area (Å²) in [5.74, 6) is 0.104. The number of piperidine rings is 1. The average molecular weight is 353 g/mol. The van der Waals surface area contributed by atoms with E-state index in [0.29, 0.717) is 11.7 Å². The molecular formula is C20H27N5O. The van der Waals surface area contributed by atoms with Crippen molar-refractivity contribution in [3.63, 3.8) is 0 Å². The van der Waals surface area contributed by atoms with E-state index in [9.17, 15) is 4.79 Å². The van der Waals surface area contributed by atoms with E-state index in [2.05, 4.69) is 33.2 Å². The Labute approximate surface area is 154 Å². The predicted octanol–water partition coefficient (Wildman–Crippen LogP) is 2.07. The van der Waals surface area contributed by atoms with E-state index < -0.39 is 0 Å². The Bertz CT molecular complexity index is 757. The van der Waals surface area contributed by atoms with E-state index >= 15 is 0 Å². The molecule has 1 saturated heterocycles. The minimum absolute atomic E-state index is 0.104. The van der Waals surface area contributed by atoms with Crippen LogP contribution in [0.3, 0.4) is 0 Å². The van der Waals surface area contributed by atoms with Crippen LogP contribution in [-0.2, 0) is 19.3 Å². The Morgan fingerprint density at radius 1 is 1.35 bits per heavy atom. The highest BCUT2D eigenvalue weighted by Crippen LogP contribution is 2.25. The Morgan fingerprint density at radius 3 is 3.12 bits per heavy atom. The smallest absolute Gasteiger partial charge is 0.274 e. The van der Waals surface area contributed by atoms with Crippen molar-refractivity contribution in [2.24, 2.45) is 0 Å². The Kier molecular flexibility index (Phi) is 5.02. The van der Waals surface area contributed by atoms with Crippen LogP contribution in [0.25, 0.3) is 0 Å². The van der Waals surface area contributed by atoms with Gasteiger partial charge < -0.3 is 9.80 Å². The minimum Gasteiger partial charge on any atom is -0.336 e. The predicted molar refractivity (Wildman–Crippen MR) is 100 cm³/mol. The van der Waals surface area contributed by atoms with E-state index in [-0.39, 0.29) is 5.91 Å². The molecule has 4 rings (SSSR count). The molecular weight excluding hydrogens is 326 g/mol. The van der Waals surface area contributed by atoms with Gasteiger partial charge in [-0.25, -0.2) is 0 Å². The number of pyridine rings is 1. The van der Waals surface area contributed by atoms with Gasteiger partial charge in [0.05, 0.1) is 0 Å². The number of hydrogen-bond donors (Lipinski definition) is 1. The van der Waals surface area contributed by atoms with Crippen LogP contribution in [0.1, 0.15) is 46.7 Å². The van der Waals surface area contributed by atoms with E-state index in [4.69, 9.17) is 0 Å². The maximum Gasteiger partial charge on any atom is 0.274 e. The van der Waals surface area contributed by atoms with Crippen LogP contribution in [0.5, 0.6) is 0 Å². The van der Waals surface area contributed by atoms with Crippen molar-refractivity contribution in [1.82, 2.24) is 25.0 Å². The van der Waals surface area contributed by atoms with Crippen LogP contribution < -0.4 is 0 Å². The molecule has 1 atom stereocenters. The molecule has 2 aliphatic rings. The highest BCUT2D eigenvalue weighted by atomic mass is 16.2. The number of aromatic amines is 1. The molecule has 2 aromatic rings. The third kappa shape index (κ3) is 3.51. The fourth-order valence-corrected chi connectivity index (χ4v) is 4.16. The van der Waals surface area contributed by atoms with E-state index in [1.807, 2.05) is 23.2 Å². The summed E-state index contributed by atoms with van der Waals surface area (Å²) in [5.41, 5.74) is 4.10. The lowest BCUT2D eigenvalue weighted by atomic mass is 10.0. The molecule has 3 heterocycles. The number of fused-ring (bicyclic) bond motifs is 1. The molecule has 26 heavy (non-hydrogen) atoms. The van der Waals surface area contributed by atoms with Gasteiger partial charge >= 0.3 is 0 Å². The zero-order valence-corrected chi connectivity index (χ0v) is 15.4. The third-order valence-electron chi connectivity index (χ3n) is 5.76. The first-order valence-corrected chi connectivity index (χ1v) is 9.68. The molecule has 1 unspecified atom stereocenters. The Hall–Kier alpha value is -2.21. The number of carbonyl (C=O) groups excluding carboxylic acids is 1. The second kappa shape index (κ2) is 7.58. The second-order valence-electron chi connectivity index (χ2n) is 7.48. The Morgan fingerprint density at radius 2 is 2.27 bits per heavy atom. The van der Waals surface area contributed by atoms with Crippen molar-refractivity contribution in [3.05, 3.63) is 47.0 Å². The van der Waals surface area contributed by atoms with Crippen LogP contribution in [0.4, 0.5) is 0 Å². The molecule has 138 valence electrons. The zero-order valence-electron chi connectivity index (χ0n) is 15.4. The number of H-pyrrole nitrogens is 1. The van der Waals surface area contributed by atoms with Crippen LogP contribution in [0.2, 0.25) is 0 Å². The summed E-state index contributed by atoms with van der Waals surface area (Å²) < 4.78 is 0. The molecule has 6 heteroatoms. The van der Waals surface area contributed by atoms with Crippen LogP contribution in [0.15, 0.2) is 24.4 Å². The van der Waals surface area contributed by atoms with Gasteiger partial charge in [0.2, 0.25) is 0 Å². The summed E-state index contributed by atoms with van der Waals surface area (Å²) in [6.45, 7) is 2.59. The molecule has 0 radical (unpaired) electrons. The summed E-state index contributed by atoms with van der Waals surface area (Å²) in [5, 5.41) is 7.38. The van der Waals surface area contributed by atoms with Gasteiger partial charge in [-0.15, -0.1) is 0 Å². The number of aryl methyl sites for hydroxylation is 1. The maximum atomic E-state index is 13.0. The number of likely N-dealkylation sites (N-methyl/N-ethyl adjacent to an activating group) is 1. The number of aromatic nitrogens is 3. The van der Waals surface area contributed by atoms with E-state index in [0.717, 1.165) is 75.1 Å². The number of likely N-dealkylation sites (tertiary alicyclic amines) is 1. The average Bonchev–Trinajstić information content (AvgIpc) is 3.30. The van der Waals surface area contributed by atoms with Gasteiger partial charge in [0.1, 0.15) is 0 Å². The quantitative estimate of drug-likeness (QED) is 0.894. The van der Waals surface area contributed by atoms with Gasteiger partial charge in [-0.05, 0) is 51.3 Å². The molecule has 1 amide bonds. The summed E-state index contributed by atoms with van der Waals surface area (Å²) in [7, 11) is 2.16. The lowest BCUT2D eigenvalue weighted by Gasteiger charge is -2.37. The Balaban J connectivity index is 1.36. The van der Waals surface area contributed by atoms with Crippen molar-refractivity contribution < 1.29 is 4.79 Å². The molecule has 0 spiro atoms.